The molecule has 8 nitrogen and oxygen atoms in total. The molecule has 0 aliphatic heterocycles. The number of ether oxygens (including phenoxy) is 2. The summed E-state index contributed by atoms with van der Waals surface area (Å²) < 4.78 is 34.7. The number of nitrogens with zero attached hydrogens (tertiary/aromatic N) is 1. The van der Waals surface area contributed by atoms with Gasteiger partial charge in [0.1, 0.15) is 19.8 Å². The standard InChI is InChI=1S/C46H82NO7P/c1-6-8-10-12-14-16-18-20-22-24-25-27-29-31-33-35-37-39-46(48)52-43-45(44-54-55(49,50)53-42-40-47(3,4)5)51-41-38-36-34-32-30-28-26-23-21-19-17-15-13-11-9-7-2/h8,10,14,16,20,22,25,27,31,33,38,41,45H,6-7,9,11-13,15,17-19,21,23-24,26,28-30,32,34-37,39-40,42-44H2,1-5H3/p+1/b10-8-,16-14-,22-20-,27-25-,33-31-,41-38-. The number of hydrogen-bond acceptors (Lipinski definition) is 6. The van der Waals surface area contributed by atoms with Gasteiger partial charge in [0.05, 0.1) is 34.0 Å². The van der Waals surface area contributed by atoms with Gasteiger partial charge in [0.15, 0.2) is 6.10 Å². The number of rotatable bonds is 39. The van der Waals surface area contributed by atoms with Crippen molar-refractivity contribution in [2.75, 3.05) is 47.5 Å². The lowest BCUT2D eigenvalue weighted by molar-refractivity contribution is -0.870. The first-order valence-corrected chi connectivity index (χ1v) is 23.2. The number of allylic oxidation sites excluding steroid dienone is 11. The van der Waals surface area contributed by atoms with Crippen molar-refractivity contribution in [3.63, 3.8) is 0 Å². The van der Waals surface area contributed by atoms with E-state index in [0.717, 1.165) is 51.4 Å². The number of esters is 1. The summed E-state index contributed by atoms with van der Waals surface area (Å²) in [6.07, 6.45) is 50.5. The zero-order valence-electron chi connectivity index (χ0n) is 35.9. The van der Waals surface area contributed by atoms with Gasteiger partial charge in [-0.15, -0.1) is 0 Å². The van der Waals surface area contributed by atoms with Crippen molar-refractivity contribution in [1.29, 1.82) is 0 Å². The maximum atomic E-state index is 12.5. The van der Waals surface area contributed by atoms with Gasteiger partial charge < -0.3 is 18.9 Å². The third kappa shape index (κ3) is 42.8. The molecule has 2 unspecified atom stereocenters. The Morgan fingerprint density at radius 3 is 1.58 bits per heavy atom. The highest BCUT2D eigenvalue weighted by Crippen LogP contribution is 2.43. The van der Waals surface area contributed by atoms with Crippen LogP contribution in [0.3, 0.4) is 0 Å². The molecule has 0 aromatic heterocycles. The largest absolute Gasteiger partial charge is 0.492 e. The smallest absolute Gasteiger partial charge is 0.472 e. The summed E-state index contributed by atoms with van der Waals surface area (Å²) in [6, 6.07) is 0. The van der Waals surface area contributed by atoms with Crippen LogP contribution in [0.5, 0.6) is 0 Å². The number of likely N-dealkylation sites (N-methyl/N-ethyl adjacent to an activating group) is 1. The van der Waals surface area contributed by atoms with Gasteiger partial charge in [0.25, 0.3) is 0 Å². The molecule has 0 saturated carbocycles. The number of carbonyl (C=O) groups is 1. The molecule has 1 N–H and O–H groups in total. The number of hydrogen-bond donors (Lipinski definition) is 1. The molecule has 9 heteroatoms. The van der Waals surface area contributed by atoms with E-state index in [0.29, 0.717) is 17.4 Å². The van der Waals surface area contributed by atoms with Crippen LogP contribution in [0.2, 0.25) is 0 Å². The van der Waals surface area contributed by atoms with E-state index < -0.39 is 13.9 Å². The molecule has 0 aromatic carbocycles. The fourth-order valence-corrected chi connectivity index (χ4v) is 6.20. The molecule has 0 aliphatic rings. The number of phosphoric ester groups is 1. The first-order valence-electron chi connectivity index (χ1n) is 21.7. The van der Waals surface area contributed by atoms with Gasteiger partial charge in [0.2, 0.25) is 0 Å². The van der Waals surface area contributed by atoms with Crippen LogP contribution in [0.15, 0.2) is 73.1 Å². The Labute approximate surface area is 338 Å². The zero-order valence-corrected chi connectivity index (χ0v) is 36.8. The predicted octanol–water partition coefficient (Wildman–Crippen LogP) is 13.1. The van der Waals surface area contributed by atoms with Gasteiger partial charge in [-0.3, -0.25) is 13.8 Å². The van der Waals surface area contributed by atoms with Gasteiger partial charge in [0, 0.05) is 6.42 Å². The number of unbranched alkanes of at least 4 members (excludes halogenated alkanes) is 15. The molecular weight excluding hydrogens is 709 g/mol. The van der Waals surface area contributed by atoms with Crippen LogP contribution < -0.4 is 0 Å². The molecule has 0 aliphatic carbocycles. The Morgan fingerprint density at radius 1 is 0.600 bits per heavy atom. The summed E-state index contributed by atoms with van der Waals surface area (Å²) in [5.74, 6) is -0.335. The van der Waals surface area contributed by atoms with E-state index in [9.17, 15) is 14.3 Å². The van der Waals surface area contributed by atoms with Gasteiger partial charge in [-0.2, -0.15) is 0 Å². The van der Waals surface area contributed by atoms with Crippen molar-refractivity contribution in [2.24, 2.45) is 0 Å². The van der Waals surface area contributed by atoms with E-state index in [2.05, 4.69) is 74.6 Å². The van der Waals surface area contributed by atoms with Crippen LogP contribution in [-0.2, 0) is 27.9 Å². The molecule has 0 aromatic rings. The highest BCUT2D eigenvalue weighted by Gasteiger charge is 2.25. The zero-order chi connectivity index (χ0) is 40.6. The summed E-state index contributed by atoms with van der Waals surface area (Å²) in [5.41, 5.74) is 0. The Morgan fingerprint density at radius 2 is 1.07 bits per heavy atom. The van der Waals surface area contributed by atoms with E-state index in [1.165, 1.54) is 83.5 Å². The van der Waals surface area contributed by atoms with E-state index in [1.807, 2.05) is 27.2 Å². The Bertz CT molecular complexity index is 1110. The SMILES string of the molecule is CC/C=C\C/C=C\C/C=C\C/C=C\C/C=C\CCCC(=O)OCC(COP(=O)(O)OCC[N+](C)(C)C)O/C=C\CCCCCCCCCCCCCCCC. The molecule has 318 valence electrons. The molecule has 0 bridgehead atoms. The fourth-order valence-electron chi connectivity index (χ4n) is 5.45. The molecule has 0 radical (unpaired) electrons. The van der Waals surface area contributed by atoms with Gasteiger partial charge >= 0.3 is 13.8 Å². The Hall–Kier alpha value is -2.22. The number of quaternary nitrogens is 1. The molecule has 0 rings (SSSR count). The van der Waals surface area contributed by atoms with Crippen LogP contribution in [0.25, 0.3) is 0 Å². The van der Waals surface area contributed by atoms with Crippen LogP contribution in [0, 0.1) is 0 Å². The predicted molar refractivity (Wildman–Crippen MR) is 233 cm³/mol. The molecule has 0 heterocycles. The quantitative estimate of drug-likeness (QED) is 0.0165. The second kappa shape index (κ2) is 38.6. The molecule has 0 fully saturated rings. The van der Waals surface area contributed by atoms with Crippen LogP contribution in [0.4, 0.5) is 0 Å². The van der Waals surface area contributed by atoms with Crippen molar-refractivity contribution < 1.29 is 37.3 Å². The van der Waals surface area contributed by atoms with Crippen molar-refractivity contribution in [3.8, 4) is 0 Å². The summed E-state index contributed by atoms with van der Waals surface area (Å²) in [6.45, 7) is 4.72. The number of phosphoric acid groups is 1. The van der Waals surface area contributed by atoms with Gasteiger partial charge in [-0.05, 0) is 63.9 Å². The normalized spacial score (nSPS) is 14.4. The molecule has 55 heavy (non-hydrogen) atoms. The van der Waals surface area contributed by atoms with Crippen molar-refractivity contribution in [1.82, 2.24) is 0 Å². The third-order valence-electron chi connectivity index (χ3n) is 8.87. The average molecular weight is 793 g/mol. The molecule has 0 saturated heterocycles. The number of carbonyl (C=O) groups excluding carboxylic acids is 1. The molecular formula is C46H83NO7P+. The Kier molecular flexibility index (Phi) is 37.1. The summed E-state index contributed by atoms with van der Waals surface area (Å²) in [7, 11) is 1.63. The van der Waals surface area contributed by atoms with Crippen molar-refractivity contribution >= 4 is 13.8 Å². The first-order chi connectivity index (χ1) is 26.6. The van der Waals surface area contributed by atoms with Gasteiger partial charge in [-0.25, -0.2) is 4.57 Å². The second-order valence-electron chi connectivity index (χ2n) is 15.4. The summed E-state index contributed by atoms with van der Waals surface area (Å²) >= 11 is 0. The second-order valence-corrected chi connectivity index (χ2v) is 16.9. The highest BCUT2D eigenvalue weighted by molar-refractivity contribution is 7.47. The van der Waals surface area contributed by atoms with E-state index in [4.69, 9.17) is 18.5 Å². The fraction of sp³-hybridized carbons (Fsp3) is 0.717. The lowest BCUT2D eigenvalue weighted by Crippen LogP contribution is -2.37. The van der Waals surface area contributed by atoms with Gasteiger partial charge in [-0.1, -0.05) is 158 Å². The summed E-state index contributed by atoms with van der Waals surface area (Å²) in [4.78, 5) is 22.6. The van der Waals surface area contributed by atoms with E-state index >= 15 is 0 Å². The molecule has 0 spiro atoms. The maximum absolute atomic E-state index is 12.5. The van der Waals surface area contributed by atoms with Crippen LogP contribution in [-0.4, -0.2) is 69.0 Å². The lowest BCUT2D eigenvalue weighted by Gasteiger charge is -2.24. The molecule has 2 atom stereocenters. The maximum Gasteiger partial charge on any atom is 0.472 e. The summed E-state index contributed by atoms with van der Waals surface area (Å²) in [5, 5.41) is 0. The minimum absolute atomic E-state index is 0.0781. The monoisotopic (exact) mass is 793 g/mol. The minimum Gasteiger partial charge on any atom is -0.492 e. The third-order valence-corrected chi connectivity index (χ3v) is 9.86. The lowest BCUT2D eigenvalue weighted by atomic mass is 10.0. The van der Waals surface area contributed by atoms with E-state index in [-0.39, 0.29) is 32.2 Å². The Balaban J connectivity index is 4.40. The molecule has 0 amide bonds. The van der Waals surface area contributed by atoms with E-state index in [1.54, 1.807) is 6.26 Å². The average Bonchev–Trinajstić information content (AvgIpc) is 3.14. The van der Waals surface area contributed by atoms with Crippen molar-refractivity contribution in [3.05, 3.63) is 73.1 Å². The first kappa shape index (κ1) is 52.8. The minimum atomic E-state index is -4.28. The van der Waals surface area contributed by atoms with Crippen LogP contribution >= 0.6 is 7.82 Å². The van der Waals surface area contributed by atoms with Crippen molar-refractivity contribution in [2.45, 2.75) is 168 Å². The van der Waals surface area contributed by atoms with Crippen LogP contribution in [0.1, 0.15) is 162 Å². The topological polar surface area (TPSA) is 91.3 Å². The highest BCUT2D eigenvalue weighted by atomic mass is 31.2.